The molecule has 1 N–H and O–H groups in total. The van der Waals surface area contributed by atoms with E-state index in [1.807, 2.05) is 6.20 Å². The third kappa shape index (κ3) is 1.58. The number of rotatable bonds is 2. The average molecular weight is 275 g/mol. The van der Waals surface area contributed by atoms with Gasteiger partial charge in [-0.25, -0.2) is 0 Å². The molecule has 1 aliphatic carbocycles. The number of hydrogen-bond donors (Lipinski definition) is 1. The van der Waals surface area contributed by atoms with Crippen LogP contribution in [0.2, 0.25) is 0 Å². The Morgan fingerprint density at radius 3 is 2.55 bits per heavy atom. The highest BCUT2D eigenvalue weighted by Gasteiger charge is 2.60. The number of nitrogens with zero attached hydrogens (tertiary/aromatic N) is 2. The summed E-state index contributed by atoms with van der Waals surface area (Å²) in [7, 11) is -0.309. The first kappa shape index (κ1) is 12.9. The summed E-state index contributed by atoms with van der Waals surface area (Å²) in [4.78, 5) is 0. The Morgan fingerprint density at radius 1 is 1.30 bits per heavy atom. The summed E-state index contributed by atoms with van der Waals surface area (Å²) in [6, 6.07) is 0. The minimum absolute atomic E-state index is 0.224. The van der Waals surface area contributed by atoms with Crippen LogP contribution in [0, 0.1) is 5.92 Å². The second-order valence-electron chi connectivity index (χ2n) is 7.44. The van der Waals surface area contributed by atoms with E-state index in [1.165, 1.54) is 6.42 Å². The number of aromatic nitrogens is 2. The van der Waals surface area contributed by atoms with E-state index in [-0.39, 0.29) is 23.9 Å². The van der Waals surface area contributed by atoms with Crippen molar-refractivity contribution in [3.63, 3.8) is 0 Å². The third-order valence-electron chi connectivity index (χ3n) is 5.61. The summed E-state index contributed by atoms with van der Waals surface area (Å²) in [6.07, 6.45) is 5.24. The van der Waals surface area contributed by atoms with Gasteiger partial charge in [-0.1, -0.05) is 0 Å². The van der Waals surface area contributed by atoms with Crippen LogP contribution in [0.15, 0.2) is 12.4 Å². The van der Waals surface area contributed by atoms with E-state index in [1.54, 1.807) is 0 Å². The van der Waals surface area contributed by atoms with E-state index in [2.05, 4.69) is 49.0 Å². The fourth-order valence-electron chi connectivity index (χ4n) is 3.35. The van der Waals surface area contributed by atoms with Gasteiger partial charge in [0, 0.05) is 36.9 Å². The van der Waals surface area contributed by atoms with E-state index < -0.39 is 0 Å². The largest absolute Gasteiger partial charge is 0.498 e. The number of nitrogens with one attached hydrogen (secondary N) is 1. The molecule has 0 radical (unpaired) electrons. The zero-order valence-corrected chi connectivity index (χ0v) is 12.6. The van der Waals surface area contributed by atoms with Crippen LogP contribution in [-0.4, -0.2) is 41.2 Å². The van der Waals surface area contributed by atoms with Gasteiger partial charge in [-0.2, -0.15) is 5.10 Å². The highest BCUT2D eigenvalue weighted by molar-refractivity contribution is 6.62. The molecular weight excluding hydrogens is 253 g/mol. The first-order valence-corrected chi connectivity index (χ1v) is 7.46. The van der Waals surface area contributed by atoms with Crippen molar-refractivity contribution in [1.82, 2.24) is 15.1 Å². The molecule has 3 heterocycles. The van der Waals surface area contributed by atoms with Crippen LogP contribution in [0.4, 0.5) is 0 Å². The highest BCUT2D eigenvalue weighted by atomic mass is 16.7. The summed E-state index contributed by atoms with van der Waals surface area (Å²) in [5.74, 6) is 0.744. The van der Waals surface area contributed by atoms with Crippen molar-refractivity contribution in [1.29, 1.82) is 0 Å². The zero-order valence-electron chi connectivity index (χ0n) is 12.6. The lowest BCUT2D eigenvalue weighted by molar-refractivity contribution is 0.00578. The second-order valence-corrected chi connectivity index (χ2v) is 7.44. The van der Waals surface area contributed by atoms with Crippen molar-refractivity contribution in [2.45, 2.75) is 50.9 Å². The molecular formula is C14H22BN3O2. The standard InChI is InChI=1S/C14H22BN3O2/c1-12(2)13(3,4)20-15(19-12)11-7-17-18(8-11)14-5-10(14)6-16-9-14/h7-8,10,16H,5-6,9H2,1-4H3. The molecule has 2 unspecified atom stereocenters. The number of fused-ring (bicyclic) bond motifs is 1. The lowest BCUT2D eigenvalue weighted by Gasteiger charge is -2.32. The average Bonchev–Trinajstić information content (AvgIpc) is 2.75. The van der Waals surface area contributed by atoms with Gasteiger partial charge in [0.2, 0.25) is 0 Å². The Kier molecular flexibility index (Phi) is 2.36. The smallest absolute Gasteiger partial charge is 0.399 e. The van der Waals surface area contributed by atoms with Gasteiger partial charge in [-0.05, 0) is 34.1 Å². The van der Waals surface area contributed by atoms with Gasteiger partial charge in [0.05, 0.1) is 16.7 Å². The summed E-state index contributed by atoms with van der Waals surface area (Å²) in [6.45, 7) is 10.5. The third-order valence-corrected chi connectivity index (χ3v) is 5.61. The molecule has 6 heteroatoms. The van der Waals surface area contributed by atoms with Crippen molar-refractivity contribution >= 4 is 12.6 Å². The number of hydrogen-bond acceptors (Lipinski definition) is 4. The van der Waals surface area contributed by atoms with E-state index in [9.17, 15) is 0 Å². The first-order valence-electron chi connectivity index (χ1n) is 7.46. The number of piperidine rings is 1. The van der Waals surface area contributed by atoms with Crippen LogP contribution in [-0.2, 0) is 14.8 Å². The van der Waals surface area contributed by atoms with Crippen molar-refractivity contribution in [2.75, 3.05) is 13.1 Å². The first-order chi connectivity index (χ1) is 9.34. The molecule has 3 aliphatic rings. The molecule has 0 spiro atoms. The minimum atomic E-state index is -0.309. The highest BCUT2D eigenvalue weighted by Crippen LogP contribution is 2.52. The predicted molar refractivity (Wildman–Crippen MR) is 76.9 cm³/mol. The maximum Gasteiger partial charge on any atom is 0.498 e. The van der Waals surface area contributed by atoms with Crippen LogP contribution in [0.3, 0.4) is 0 Å². The van der Waals surface area contributed by atoms with Crippen LogP contribution in [0.1, 0.15) is 34.1 Å². The lowest BCUT2D eigenvalue weighted by Crippen LogP contribution is -2.41. The molecule has 1 aromatic rings. The molecule has 3 fully saturated rings. The van der Waals surface area contributed by atoms with Crippen molar-refractivity contribution < 1.29 is 9.31 Å². The van der Waals surface area contributed by atoms with Gasteiger partial charge >= 0.3 is 7.12 Å². The maximum atomic E-state index is 6.08. The molecule has 108 valence electrons. The Hall–Kier alpha value is -0.845. The Morgan fingerprint density at radius 2 is 2.00 bits per heavy atom. The van der Waals surface area contributed by atoms with Crippen molar-refractivity contribution in [3.8, 4) is 0 Å². The van der Waals surface area contributed by atoms with Crippen LogP contribution in [0.25, 0.3) is 0 Å². The lowest BCUT2D eigenvalue weighted by atomic mass is 9.82. The zero-order chi connectivity index (χ0) is 14.2. The summed E-state index contributed by atoms with van der Waals surface area (Å²) >= 11 is 0. The molecule has 0 bridgehead atoms. The molecule has 4 rings (SSSR count). The topological polar surface area (TPSA) is 48.3 Å². The van der Waals surface area contributed by atoms with Crippen molar-refractivity contribution in [2.24, 2.45) is 5.92 Å². The molecule has 0 aromatic carbocycles. The van der Waals surface area contributed by atoms with Gasteiger partial charge < -0.3 is 14.6 Å². The van der Waals surface area contributed by atoms with E-state index in [0.717, 1.165) is 24.5 Å². The fourth-order valence-corrected chi connectivity index (χ4v) is 3.35. The Bertz CT molecular complexity index is 540. The van der Waals surface area contributed by atoms with E-state index in [0.29, 0.717) is 0 Å². The van der Waals surface area contributed by atoms with Crippen LogP contribution < -0.4 is 10.8 Å². The van der Waals surface area contributed by atoms with Crippen molar-refractivity contribution in [3.05, 3.63) is 12.4 Å². The summed E-state index contributed by atoms with van der Waals surface area (Å²) in [5, 5.41) is 8.01. The quantitative estimate of drug-likeness (QED) is 0.799. The van der Waals surface area contributed by atoms with Crippen LogP contribution >= 0.6 is 0 Å². The molecule has 1 aromatic heterocycles. The molecule has 0 amide bonds. The van der Waals surface area contributed by atoms with Crippen LogP contribution in [0.5, 0.6) is 0 Å². The Labute approximate surface area is 120 Å². The molecule has 20 heavy (non-hydrogen) atoms. The monoisotopic (exact) mass is 275 g/mol. The predicted octanol–water partition coefficient (Wildman–Crippen LogP) is 0.501. The maximum absolute atomic E-state index is 6.08. The van der Waals surface area contributed by atoms with Gasteiger partial charge in [-0.15, -0.1) is 0 Å². The minimum Gasteiger partial charge on any atom is -0.399 e. The second kappa shape index (κ2) is 3.67. The SMILES string of the molecule is CC1(C)OB(c2cnn(C34CNCC3C4)c2)OC1(C)C. The summed E-state index contributed by atoms with van der Waals surface area (Å²) in [5.41, 5.74) is 0.655. The van der Waals surface area contributed by atoms with Gasteiger partial charge in [0.15, 0.2) is 0 Å². The molecule has 5 nitrogen and oxygen atoms in total. The van der Waals surface area contributed by atoms with E-state index in [4.69, 9.17) is 9.31 Å². The van der Waals surface area contributed by atoms with Gasteiger partial charge in [-0.3, -0.25) is 4.68 Å². The fraction of sp³-hybridized carbons (Fsp3) is 0.786. The molecule has 2 aliphatic heterocycles. The van der Waals surface area contributed by atoms with Gasteiger partial charge in [0.25, 0.3) is 0 Å². The van der Waals surface area contributed by atoms with Gasteiger partial charge in [0.1, 0.15) is 0 Å². The molecule has 2 saturated heterocycles. The summed E-state index contributed by atoms with van der Waals surface area (Å²) < 4.78 is 14.3. The molecule has 2 atom stereocenters. The van der Waals surface area contributed by atoms with E-state index >= 15 is 0 Å². The Balaban J connectivity index is 1.58. The normalized spacial score (nSPS) is 37.2. The molecule has 1 saturated carbocycles.